The van der Waals surface area contributed by atoms with Crippen molar-refractivity contribution in [3.63, 3.8) is 0 Å². The van der Waals surface area contributed by atoms with E-state index in [-0.39, 0.29) is 23.4 Å². The van der Waals surface area contributed by atoms with Crippen molar-refractivity contribution >= 4 is 27.5 Å². The second-order valence-electron chi connectivity index (χ2n) is 9.75. The van der Waals surface area contributed by atoms with Gasteiger partial charge in [0.15, 0.2) is 0 Å². The summed E-state index contributed by atoms with van der Waals surface area (Å²) in [6, 6.07) is 21.4. The minimum Gasteiger partial charge on any atom is -0.494 e. The van der Waals surface area contributed by atoms with Crippen molar-refractivity contribution in [2.24, 2.45) is 0 Å². The first-order valence-corrected chi connectivity index (χ1v) is 15.0. The molecule has 0 unspecified atom stereocenters. The van der Waals surface area contributed by atoms with Gasteiger partial charge in [-0.1, -0.05) is 55.0 Å². The number of carbonyl (C=O) groups excluding carboxylic acids is 2. The molecule has 0 aliphatic heterocycles. The predicted octanol–water partition coefficient (Wildman–Crippen LogP) is 4.92. The lowest BCUT2D eigenvalue weighted by Crippen LogP contribution is -2.52. The summed E-state index contributed by atoms with van der Waals surface area (Å²) in [5.41, 5.74) is 2.25. The molecule has 3 aromatic rings. The van der Waals surface area contributed by atoms with Crippen LogP contribution in [0, 0.1) is 6.92 Å². The predicted molar refractivity (Wildman–Crippen MR) is 158 cm³/mol. The Morgan fingerprint density at radius 1 is 0.900 bits per heavy atom. The zero-order valence-corrected chi connectivity index (χ0v) is 24.6. The lowest BCUT2D eigenvalue weighted by molar-refractivity contribution is -0.139. The van der Waals surface area contributed by atoms with Crippen LogP contribution in [-0.4, -0.2) is 50.4 Å². The molecule has 0 fully saturated rings. The van der Waals surface area contributed by atoms with E-state index in [1.165, 1.54) is 17.0 Å². The number of aryl methyl sites for hydroxylation is 1. The van der Waals surface area contributed by atoms with Crippen LogP contribution in [0.5, 0.6) is 5.75 Å². The number of anilines is 1. The molecule has 0 aliphatic carbocycles. The monoisotopic (exact) mass is 565 g/mol. The highest BCUT2D eigenvalue weighted by molar-refractivity contribution is 7.92. The van der Waals surface area contributed by atoms with E-state index >= 15 is 0 Å². The van der Waals surface area contributed by atoms with E-state index in [1.807, 2.05) is 52.0 Å². The zero-order valence-electron chi connectivity index (χ0n) is 23.8. The van der Waals surface area contributed by atoms with Gasteiger partial charge < -0.3 is 15.0 Å². The molecule has 2 atom stereocenters. The standard InChI is InChI=1S/C31H39N3O5S/c1-6-24(4)32-31(36)25(5)33(21-26-15-13-23(3)14-16-26)30(35)22-34(27-11-9-8-10-12-27)40(37,38)29-19-17-28(18-20-29)39-7-2/h8-20,24-25H,6-7,21-22H2,1-5H3,(H,32,36)/t24-,25-/m1/s1. The number of hydrogen-bond acceptors (Lipinski definition) is 5. The molecule has 2 amide bonds. The van der Waals surface area contributed by atoms with Crippen LogP contribution in [-0.2, 0) is 26.2 Å². The summed E-state index contributed by atoms with van der Waals surface area (Å²) >= 11 is 0. The van der Waals surface area contributed by atoms with Crippen LogP contribution in [0.1, 0.15) is 45.2 Å². The van der Waals surface area contributed by atoms with Crippen molar-refractivity contribution in [3.8, 4) is 5.75 Å². The molecule has 8 nitrogen and oxygen atoms in total. The van der Waals surface area contributed by atoms with Crippen LogP contribution >= 0.6 is 0 Å². The first-order valence-electron chi connectivity index (χ1n) is 13.5. The molecular formula is C31H39N3O5S. The number of sulfonamides is 1. The van der Waals surface area contributed by atoms with Gasteiger partial charge in [0.2, 0.25) is 11.8 Å². The van der Waals surface area contributed by atoms with E-state index in [4.69, 9.17) is 4.74 Å². The summed E-state index contributed by atoms with van der Waals surface area (Å²) in [5, 5.41) is 2.94. The third-order valence-corrected chi connectivity index (χ3v) is 8.48. The first-order chi connectivity index (χ1) is 19.1. The molecule has 0 aromatic heterocycles. The molecule has 1 N–H and O–H groups in total. The Kier molecular flexibility index (Phi) is 10.7. The Bertz CT molecular complexity index is 1360. The number of carbonyl (C=O) groups is 2. The van der Waals surface area contributed by atoms with Gasteiger partial charge in [0.05, 0.1) is 17.2 Å². The Labute approximate surface area is 238 Å². The van der Waals surface area contributed by atoms with E-state index in [9.17, 15) is 18.0 Å². The molecule has 214 valence electrons. The lowest BCUT2D eigenvalue weighted by Gasteiger charge is -2.32. The maximum absolute atomic E-state index is 13.9. The number of amides is 2. The minimum atomic E-state index is -4.13. The number of nitrogens with zero attached hydrogens (tertiary/aromatic N) is 2. The van der Waals surface area contributed by atoms with Crippen LogP contribution in [0.3, 0.4) is 0 Å². The van der Waals surface area contributed by atoms with Crippen molar-refractivity contribution in [2.75, 3.05) is 17.5 Å². The Morgan fingerprint density at radius 2 is 1.52 bits per heavy atom. The van der Waals surface area contributed by atoms with Gasteiger partial charge in [0.25, 0.3) is 10.0 Å². The molecule has 40 heavy (non-hydrogen) atoms. The second kappa shape index (κ2) is 14.0. The number of para-hydroxylation sites is 1. The van der Waals surface area contributed by atoms with Crippen molar-refractivity contribution in [1.82, 2.24) is 10.2 Å². The highest BCUT2D eigenvalue weighted by atomic mass is 32.2. The number of hydrogen-bond donors (Lipinski definition) is 1. The molecule has 0 spiro atoms. The average Bonchev–Trinajstić information content (AvgIpc) is 2.95. The van der Waals surface area contributed by atoms with Gasteiger partial charge in [0, 0.05) is 12.6 Å². The highest BCUT2D eigenvalue weighted by Crippen LogP contribution is 2.26. The van der Waals surface area contributed by atoms with E-state index in [2.05, 4.69) is 5.32 Å². The van der Waals surface area contributed by atoms with Crippen LogP contribution in [0.2, 0.25) is 0 Å². The quantitative estimate of drug-likeness (QED) is 0.317. The molecule has 0 radical (unpaired) electrons. The van der Waals surface area contributed by atoms with E-state index in [0.29, 0.717) is 18.0 Å². The summed E-state index contributed by atoms with van der Waals surface area (Å²) in [5.74, 6) is -0.240. The van der Waals surface area contributed by atoms with E-state index in [0.717, 1.165) is 21.9 Å². The molecule has 0 heterocycles. The molecule has 3 aromatic carbocycles. The number of rotatable bonds is 13. The van der Waals surface area contributed by atoms with Crippen molar-refractivity contribution < 1.29 is 22.7 Å². The maximum Gasteiger partial charge on any atom is 0.264 e. The van der Waals surface area contributed by atoms with E-state index in [1.54, 1.807) is 49.4 Å². The first kappa shape index (κ1) is 30.7. The number of benzene rings is 3. The third-order valence-electron chi connectivity index (χ3n) is 6.69. The van der Waals surface area contributed by atoms with Crippen LogP contribution < -0.4 is 14.4 Å². The molecule has 0 bridgehead atoms. The van der Waals surface area contributed by atoms with Gasteiger partial charge in [-0.25, -0.2) is 8.42 Å². The lowest BCUT2D eigenvalue weighted by atomic mass is 10.1. The van der Waals surface area contributed by atoms with Gasteiger partial charge >= 0.3 is 0 Å². The van der Waals surface area contributed by atoms with Gasteiger partial charge in [-0.3, -0.25) is 13.9 Å². The fourth-order valence-electron chi connectivity index (χ4n) is 4.06. The molecule has 0 saturated carbocycles. The van der Waals surface area contributed by atoms with Gasteiger partial charge in [-0.05, 0) is 76.1 Å². The molecule has 9 heteroatoms. The molecule has 3 rings (SSSR count). The number of ether oxygens (including phenoxy) is 1. The van der Waals surface area contributed by atoms with Gasteiger partial charge in [-0.2, -0.15) is 0 Å². The topological polar surface area (TPSA) is 96.0 Å². The van der Waals surface area contributed by atoms with Crippen molar-refractivity contribution in [1.29, 1.82) is 0 Å². The van der Waals surface area contributed by atoms with Crippen LogP contribution in [0.15, 0.2) is 83.8 Å². The summed E-state index contributed by atoms with van der Waals surface area (Å²) < 4.78 is 34.3. The summed E-state index contributed by atoms with van der Waals surface area (Å²) in [6.07, 6.45) is 0.743. The van der Waals surface area contributed by atoms with Gasteiger partial charge in [0.1, 0.15) is 18.3 Å². The third kappa shape index (κ3) is 7.85. The molecule has 0 aliphatic rings. The average molecular weight is 566 g/mol. The van der Waals surface area contributed by atoms with Gasteiger partial charge in [-0.15, -0.1) is 0 Å². The number of nitrogens with one attached hydrogen (secondary N) is 1. The zero-order chi connectivity index (χ0) is 29.3. The largest absolute Gasteiger partial charge is 0.494 e. The fourth-order valence-corrected chi connectivity index (χ4v) is 5.48. The second-order valence-corrected chi connectivity index (χ2v) is 11.6. The molecule has 0 saturated heterocycles. The summed E-state index contributed by atoms with van der Waals surface area (Å²) in [7, 11) is -4.13. The fraction of sp³-hybridized carbons (Fsp3) is 0.355. The highest BCUT2D eigenvalue weighted by Gasteiger charge is 2.32. The van der Waals surface area contributed by atoms with Crippen molar-refractivity contribution in [3.05, 3.63) is 90.0 Å². The Hall–Kier alpha value is -3.85. The maximum atomic E-state index is 13.9. The smallest absolute Gasteiger partial charge is 0.264 e. The summed E-state index contributed by atoms with van der Waals surface area (Å²) in [4.78, 5) is 28.5. The Balaban J connectivity index is 1.98. The van der Waals surface area contributed by atoms with Crippen molar-refractivity contribution in [2.45, 2.75) is 64.6 Å². The van der Waals surface area contributed by atoms with Crippen LogP contribution in [0.4, 0.5) is 5.69 Å². The Morgan fingerprint density at radius 3 is 2.10 bits per heavy atom. The summed E-state index contributed by atoms with van der Waals surface area (Å²) in [6.45, 7) is 9.48. The minimum absolute atomic E-state index is 0.0280. The SMILES string of the molecule is CCOc1ccc(S(=O)(=O)N(CC(=O)N(Cc2ccc(C)cc2)[C@H](C)C(=O)N[C@H](C)CC)c2ccccc2)cc1. The normalized spacial score (nSPS) is 12.7. The molecular weight excluding hydrogens is 526 g/mol. The van der Waals surface area contributed by atoms with E-state index < -0.39 is 28.5 Å². The van der Waals surface area contributed by atoms with Crippen LogP contribution in [0.25, 0.3) is 0 Å².